The summed E-state index contributed by atoms with van der Waals surface area (Å²) in [6, 6.07) is 3.84. The lowest BCUT2D eigenvalue weighted by atomic mass is 10.1. The second kappa shape index (κ2) is 6.19. The fourth-order valence-electron chi connectivity index (χ4n) is 0.755. The van der Waals surface area contributed by atoms with Crippen molar-refractivity contribution >= 4 is 0 Å². The summed E-state index contributed by atoms with van der Waals surface area (Å²) >= 11 is 0. The molecule has 62 valence electrons. The molecule has 0 fully saturated rings. The van der Waals surface area contributed by atoms with Crippen molar-refractivity contribution in [1.29, 1.82) is 10.5 Å². The van der Waals surface area contributed by atoms with E-state index in [2.05, 4.69) is 6.08 Å². The van der Waals surface area contributed by atoms with Crippen molar-refractivity contribution in [2.75, 3.05) is 0 Å². The van der Waals surface area contributed by atoms with E-state index < -0.39 is 0 Å². The van der Waals surface area contributed by atoms with Crippen molar-refractivity contribution in [3.63, 3.8) is 0 Å². The Kier molecular flexibility index (Phi) is 5.39. The Morgan fingerprint density at radius 2 is 2.00 bits per heavy atom. The minimum atomic E-state index is 0.551. The second-order valence-electron chi connectivity index (χ2n) is 2.73. The predicted octanol–water partition coefficient (Wildman–Crippen LogP) is 2.71. The molecule has 0 atom stereocenters. The van der Waals surface area contributed by atoms with E-state index in [1.54, 1.807) is 0 Å². The number of allylic oxidation sites excluding steroid dienone is 4. The zero-order chi connectivity index (χ0) is 9.40. The van der Waals surface area contributed by atoms with Gasteiger partial charge in [0.2, 0.25) is 0 Å². The van der Waals surface area contributed by atoms with E-state index in [9.17, 15) is 0 Å². The number of nitriles is 2. The molecule has 12 heavy (non-hydrogen) atoms. The molecule has 0 aliphatic carbocycles. The third-order valence-electron chi connectivity index (χ3n) is 1.35. The highest BCUT2D eigenvalue weighted by Gasteiger charge is 1.92. The average molecular weight is 160 g/mol. The maximum atomic E-state index is 8.53. The molecular formula is C10H12N2. The van der Waals surface area contributed by atoms with Crippen LogP contribution in [-0.4, -0.2) is 0 Å². The van der Waals surface area contributed by atoms with Crippen molar-refractivity contribution in [2.24, 2.45) is 0 Å². The Bertz CT molecular complexity index is 267. The Balaban J connectivity index is 3.95. The topological polar surface area (TPSA) is 47.6 Å². The lowest BCUT2D eigenvalue weighted by Crippen LogP contribution is -1.78. The zero-order valence-corrected chi connectivity index (χ0v) is 7.46. The van der Waals surface area contributed by atoms with Crippen LogP contribution in [0.3, 0.4) is 0 Å². The predicted molar refractivity (Wildman–Crippen MR) is 48.0 cm³/mol. The van der Waals surface area contributed by atoms with Crippen molar-refractivity contribution < 1.29 is 0 Å². The van der Waals surface area contributed by atoms with Gasteiger partial charge in [-0.15, -0.1) is 0 Å². The maximum Gasteiger partial charge on any atom is 0.0954 e. The van der Waals surface area contributed by atoms with Crippen LogP contribution in [0.15, 0.2) is 23.3 Å². The van der Waals surface area contributed by atoms with Crippen molar-refractivity contribution in [3.8, 4) is 12.1 Å². The highest BCUT2D eigenvalue weighted by Crippen LogP contribution is 2.05. The zero-order valence-electron chi connectivity index (χ0n) is 7.46. The monoisotopic (exact) mass is 160 g/mol. The van der Waals surface area contributed by atoms with Crippen molar-refractivity contribution in [3.05, 3.63) is 23.3 Å². The normalized spacial score (nSPS) is 9.83. The summed E-state index contributed by atoms with van der Waals surface area (Å²) in [6.45, 7) is 4.03. The fourth-order valence-corrected chi connectivity index (χ4v) is 0.755. The molecule has 0 aliphatic heterocycles. The molecular weight excluding hydrogens is 148 g/mol. The highest BCUT2D eigenvalue weighted by atomic mass is 14.3. The molecule has 0 spiro atoms. The molecule has 0 rings (SSSR count). The lowest BCUT2D eigenvalue weighted by Gasteiger charge is -1.92. The SMILES string of the molecule is CC(C)=CCC/C(C#N)=C/C#N. The van der Waals surface area contributed by atoms with E-state index in [1.165, 1.54) is 11.6 Å². The van der Waals surface area contributed by atoms with Crippen LogP contribution in [0.25, 0.3) is 0 Å². The summed E-state index contributed by atoms with van der Waals surface area (Å²) in [7, 11) is 0. The van der Waals surface area contributed by atoms with Crippen LogP contribution >= 0.6 is 0 Å². The van der Waals surface area contributed by atoms with E-state index >= 15 is 0 Å². The minimum absolute atomic E-state index is 0.551. The van der Waals surface area contributed by atoms with Crippen LogP contribution in [0.5, 0.6) is 0 Å². The number of hydrogen-bond donors (Lipinski definition) is 0. The standard InChI is InChI=1S/C10H12N2/c1-9(2)4-3-5-10(8-12)6-7-11/h4,6H,3,5H2,1-2H3/b10-6-. The lowest BCUT2D eigenvalue weighted by molar-refractivity contribution is 0.997. The third-order valence-corrected chi connectivity index (χ3v) is 1.35. The first-order chi connectivity index (χ1) is 5.70. The van der Waals surface area contributed by atoms with Gasteiger partial charge in [-0.25, -0.2) is 0 Å². The van der Waals surface area contributed by atoms with Crippen LogP contribution in [0.1, 0.15) is 26.7 Å². The van der Waals surface area contributed by atoms with Gasteiger partial charge in [-0.3, -0.25) is 0 Å². The van der Waals surface area contributed by atoms with Crippen molar-refractivity contribution in [2.45, 2.75) is 26.7 Å². The van der Waals surface area contributed by atoms with Crippen LogP contribution < -0.4 is 0 Å². The molecule has 0 saturated heterocycles. The van der Waals surface area contributed by atoms with E-state index in [0.717, 1.165) is 6.42 Å². The van der Waals surface area contributed by atoms with Gasteiger partial charge in [-0.1, -0.05) is 11.6 Å². The van der Waals surface area contributed by atoms with E-state index in [-0.39, 0.29) is 0 Å². The number of rotatable bonds is 3. The van der Waals surface area contributed by atoms with Gasteiger partial charge in [-0.2, -0.15) is 10.5 Å². The van der Waals surface area contributed by atoms with Gasteiger partial charge in [-0.05, 0) is 26.7 Å². The summed E-state index contributed by atoms with van der Waals surface area (Å²) in [6.07, 6.45) is 4.86. The van der Waals surface area contributed by atoms with E-state index in [0.29, 0.717) is 12.0 Å². The molecule has 0 bridgehead atoms. The smallest absolute Gasteiger partial charge is 0.0954 e. The molecule has 2 nitrogen and oxygen atoms in total. The third kappa shape index (κ3) is 5.26. The quantitative estimate of drug-likeness (QED) is 0.470. The highest BCUT2D eigenvalue weighted by molar-refractivity contribution is 5.26. The van der Waals surface area contributed by atoms with Gasteiger partial charge >= 0.3 is 0 Å². The summed E-state index contributed by atoms with van der Waals surface area (Å²) < 4.78 is 0. The maximum absolute atomic E-state index is 8.53. The molecule has 0 heterocycles. The Morgan fingerprint density at radius 1 is 1.33 bits per heavy atom. The first-order valence-electron chi connectivity index (χ1n) is 3.83. The van der Waals surface area contributed by atoms with E-state index in [4.69, 9.17) is 10.5 Å². The van der Waals surface area contributed by atoms with Crippen LogP contribution in [0, 0.1) is 22.7 Å². The Hall–Kier alpha value is -1.54. The van der Waals surface area contributed by atoms with Crippen LogP contribution in [0.2, 0.25) is 0 Å². The first kappa shape index (κ1) is 10.5. The molecule has 0 amide bonds. The Labute approximate surface area is 73.4 Å². The van der Waals surface area contributed by atoms with Crippen LogP contribution in [-0.2, 0) is 0 Å². The Morgan fingerprint density at radius 3 is 2.42 bits per heavy atom. The molecule has 0 unspecified atom stereocenters. The molecule has 0 saturated carbocycles. The van der Waals surface area contributed by atoms with E-state index in [1.807, 2.05) is 26.0 Å². The first-order valence-corrected chi connectivity index (χ1v) is 3.83. The summed E-state index contributed by atoms with van der Waals surface area (Å²) in [5.74, 6) is 0. The largest absolute Gasteiger partial charge is 0.193 e. The number of hydrogen-bond acceptors (Lipinski definition) is 2. The number of nitrogens with zero attached hydrogens (tertiary/aromatic N) is 2. The molecule has 0 aromatic heterocycles. The summed E-state index contributed by atoms with van der Waals surface area (Å²) in [5, 5.41) is 16.8. The molecule has 0 radical (unpaired) electrons. The van der Waals surface area contributed by atoms with Gasteiger partial charge in [0.05, 0.1) is 12.1 Å². The van der Waals surface area contributed by atoms with Gasteiger partial charge in [0.15, 0.2) is 0 Å². The average Bonchev–Trinajstić information content (AvgIpc) is 2.02. The second-order valence-corrected chi connectivity index (χ2v) is 2.73. The molecule has 2 heteroatoms. The van der Waals surface area contributed by atoms with Gasteiger partial charge in [0.25, 0.3) is 0 Å². The molecule has 0 aromatic rings. The molecule has 0 N–H and O–H groups in total. The summed E-state index contributed by atoms with van der Waals surface area (Å²) in [5.41, 5.74) is 1.79. The molecule has 0 aliphatic rings. The van der Waals surface area contributed by atoms with Gasteiger partial charge in [0.1, 0.15) is 0 Å². The van der Waals surface area contributed by atoms with Crippen molar-refractivity contribution in [1.82, 2.24) is 0 Å². The van der Waals surface area contributed by atoms with Gasteiger partial charge in [0, 0.05) is 11.6 Å². The minimum Gasteiger partial charge on any atom is -0.193 e. The summed E-state index contributed by atoms with van der Waals surface area (Å²) in [4.78, 5) is 0. The molecule has 0 aromatic carbocycles. The van der Waals surface area contributed by atoms with Crippen LogP contribution in [0.4, 0.5) is 0 Å². The van der Waals surface area contributed by atoms with Gasteiger partial charge < -0.3 is 0 Å². The fraction of sp³-hybridized carbons (Fsp3) is 0.400.